The van der Waals surface area contributed by atoms with Crippen molar-refractivity contribution in [1.29, 1.82) is 5.26 Å². The Morgan fingerprint density at radius 2 is 2.00 bits per heavy atom. The van der Waals surface area contributed by atoms with Crippen LogP contribution in [0.5, 0.6) is 5.75 Å². The molecule has 14 heteroatoms. The predicted octanol–water partition coefficient (Wildman–Crippen LogP) is 3.32. The molecule has 0 radical (unpaired) electrons. The summed E-state index contributed by atoms with van der Waals surface area (Å²) in [6.45, 7) is 6.17. The van der Waals surface area contributed by atoms with Gasteiger partial charge in [0, 0.05) is 32.1 Å². The van der Waals surface area contributed by atoms with Gasteiger partial charge >= 0.3 is 6.18 Å². The Balaban J connectivity index is 2.48. The molecule has 0 aliphatic rings. The third-order valence-electron chi connectivity index (χ3n) is 5.00. The number of nitriles is 1. The standard InChI is InChI=1S/C21H20F4N4O5S/c1-12(2)20(31,21(23,24)25)7-8-34-18-16(35(32,33)27-3)11-29(4)17(18)19(30)28-14-5-6-15(22)13(9-14)10-26/h5-6,9,11,31H,1,3,7-8H2,2,4H3,(H,28,30)/t20-/m1/s1. The molecule has 35 heavy (non-hydrogen) atoms. The van der Waals surface area contributed by atoms with Gasteiger partial charge in [-0.1, -0.05) is 6.58 Å². The lowest BCUT2D eigenvalue weighted by atomic mass is 9.92. The Labute approximate surface area is 198 Å². The highest BCUT2D eigenvalue weighted by Gasteiger charge is 2.54. The molecule has 0 saturated carbocycles. The average Bonchev–Trinajstić information content (AvgIpc) is 3.10. The first kappa shape index (κ1) is 27.5. The number of alkyl halides is 3. The summed E-state index contributed by atoms with van der Waals surface area (Å²) < 4.78 is 87.6. The molecule has 0 bridgehead atoms. The molecule has 2 rings (SSSR count). The summed E-state index contributed by atoms with van der Waals surface area (Å²) in [5.74, 6) is -2.48. The van der Waals surface area contributed by atoms with E-state index in [-0.39, 0.29) is 11.3 Å². The Morgan fingerprint density at radius 1 is 1.37 bits per heavy atom. The van der Waals surface area contributed by atoms with Crippen molar-refractivity contribution in [2.45, 2.75) is 30.0 Å². The van der Waals surface area contributed by atoms with Crippen molar-refractivity contribution in [3.63, 3.8) is 0 Å². The third kappa shape index (κ3) is 5.52. The van der Waals surface area contributed by atoms with E-state index in [4.69, 9.17) is 10.00 Å². The second-order valence-electron chi connectivity index (χ2n) is 7.38. The van der Waals surface area contributed by atoms with E-state index in [1.807, 2.05) is 0 Å². The summed E-state index contributed by atoms with van der Waals surface area (Å²) in [6, 6.07) is 4.67. The number of carbonyl (C=O) groups excluding carboxylic acids is 1. The van der Waals surface area contributed by atoms with Crippen LogP contribution in [0.4, 0.5) is 23.2 Å². The number of hydrogen-bond acceptors (Lipinski definition) is 6. The Kier molecular flexibility index (Phi) is 7.78. The molecule has 1 atom stereocenters. The van der Waals surface area contributed by atoms with Crippen LogP contribution < -0.4 is 10.1 Å². The summed E-state index contributed by atoms with van der Waals surface area (Å²) in [7, 11) is -3.21. The maximum Gasteiger partial charge on any atom is 0.421 e. The van der Waals surface area contributed by atoms with Crippen molar-refractivity contribution in [2.24, 2.45) is 11.4 Å². The number of rotatable bonds is 9. The number of carbonyl (C=O) groups is 1. The first-order valence-electron chi connectivity index (χ1n) is 9.60. The zero-order valence-electron chi connectivity index (χ0n) is 18.5. The van der Waals surface area contributed by atoms with Gasteiger partial charge in [0.2, 0.25) is 0 Å². The van der Waals surface area contributed by atoms with Crippen molar-refractivity contribution < 1.29 is 40.6 Å². The van der Waals surface area contributed by atoms with E-state index in [2.05, 4.69) is 23.0 Å². The van der Waals surface area contributed by atoms with E-state index in [0.717, 1.165) is 35.9 Å². The molecular weight excluding hydrogens is 496 g/mol. The molecule has 1 amide bonds. The van der Waals surface area contributed by atoms with E-state index < -0.39 is 68.5 Å². The number of benzene rings is 1. The van der Waals surface area contributed by atoms with Crippen molar-refractivity contribution >= 4 is 28.3 Å². The van der Waals surface area contributed by atoms with E-state index in [1.54, 1.807) is 6.07 Å². The Hall–Kier alpha value is -3.70. The fraction of sp³-hybridized carbons (Fsp3) is 0.286. The summed E-state index contributed by atoms with van der Waals surface area (Å²) in [5.41, 5.74) is -4.80. The molecule has 0 aliphatic heterocycles. The van der Waals surface area contributed by atoms with Crippen LogP contribution in [0.25, 0.3) is 0 Å². The van der Waals surface area contributed by atoms with Crippen molar-refractivity contribution in [2.75, 3.05) is 11.9 Å². The number of hydrogen-bond donors (Lipinski definition) is 2. The van der Waals surface area contributed by atoms with E-state index in [0.29, 0.717) is 0 Å². The molecule has 1 heterocycles. The average molecular weight is 516 g/mol. The molecule has 0 aliphatic carbocycles. The van der Waals surface area contributed by atoms with Crippen LogP contribution in [0.1, 0.15) is 29.4 Å². The van der Waals surface area contributed by atoms with Crippen LogP contribution in [0.2, 0.25) is 0 Å². The summed E-state index contributed by atoms with van der Waals surface area (Å²) >= 11 is 0. The molecule has 188 valence electrons. The first-order valence-corrected chi connectivity index (χ1v) is 11.0. The van der Waals surface area contributed by atoms with Crippen molar-refractivity contribution in [3.05, 3.63) is 53.6 Å². The first-order chi connectivity index (χ1) is 16.1. The molecule has 2 N–H and O–H groups in total. The highest BCUT2D eigenvalue weighted by Crippen LogP contribution is 2.39. The zero-order chi connectivity index (χ0) is 26.8. The molecule has 1 aromatic carbocycles. The minimum Gasteiger partial charge on any atom is -0.490 e. The largest absolute Gasteiger partial charge is 0.490 e. The Morgan fingerprint density at radius 3 is 2.51 bits per heavy atom. The van der Waals surface area contributed by atoms with Gasteiger partial charge in [0.15, 0.2) is 17.0 Å². The number of amides is 1. The van der Waals surface area contributed by atoms with Crippen LogP contribution in [-0.2, 0) is 17.1 Å². The third-order valence-corrected chi connectivity index (χ3v) is 6.18. The van der Waals surface area contributed by atoms with Crippen LogP contribution in [0.15, 0.2) is 45.8 Å². The molecule has 9 nitrogen and oxygen atoms in total. The Bertz CT molecular complexity index is 1330. The fourth-order valence-corrected chi connectivity index (χ4v) is 3.83. The second-order valence-corrected chi connectivity index (χ2v) is 9.03. The van der Waals surface area contributed by atoms with E-state index in [1.165, 1.54) is 7.05 Å². The number of aryl methyl sites for hydroxylation is 1. The number of halogens is 4. The number of sulfonamides is 1. The van der Waals surface area contributed by atoms with Crippen LogP contribution in [0, 0.1) is 17.1 Å². The molecular formula is C21H20F4N4O5S. The fourth-order valence-electron chi connectivity index (χ4n) is 3.01. The number of aromatic nitrogens is 1. The summed E-state index contributed by atoms with van der Waals surface area (Å²) in [6.07, 6.45) is -5.22. The monoisotopic (exact) mass is 516 g/mol. The lowest BCUT2D eigenvalue weighted by Crippen LogP contribution is -2.47. The minimum absolute atomic E-state index is 0.0277. The lowest BCUT2D eigenvalue weighted by Gasteiger charge is -2.30. The second kappa shape index (κ2) is 9.88. The highest BCUT2D eigenvalue weighted by atomic mass is 32.2. The SMILES string of the molecule is C=NS(=O)(=O)c1cn(C)c(C(=O)Nc2ccc(F)c(C#N)c2)c1OCC[C@@](O)(C(=C)C)C(F)(F)F. The molecule has 0 fully saturated rings. The maximum absolute atomic E-state index is 13.6. The topological polar surface area (TPSA) is 134 Å². The van der Waals surface area contributed by atoms with Crippen LogP contribution in [-0.4, -0.2) is 49.1 Å². The van der Waals surface area contributed by atoms with Gasteiger partial charge in [0.05, 0.1) is 12.2 Å². The number of nitrogens with one attached hydrogen (secondary N) is 1. The number of aliphatic hydroxyl groups is 1. The zero-order valence-corrected chi connectivity index (χ0v) is 19.3. The van der Waals surface area contributed by atoms with E-state index in [9.17, 15) is 35.9 Å². The highest BCUT2D eigenvalue weighted by molar-refractivity contribution is 7.90. The maximum atomic E-state index is 13.6. The van der Waals surface area contributed by atoms with Gasteiger partial charge < -0.3 is 19.7 Å². The predicted molar refractivity (Wildman–Crippen MR) is 117 cm³/mol. The lowest BCUT2D eigenvalue weighted by molar-refractivity contribution is -0.247. The molecule has 2 aromatic rings. The normalized spacial score (nSPS) is 13.4. The van der Waals surface area contributed by atoms with Crippen LogP contribution in [0.3, 0.4) is 0 Å². The molecule has 0 saturated heterocycles. The van der Waals surface area contributed by atoms with Crippen LogP contribution >= 0.6 is 0 Å². The number of ether oxygens (including phenoxy) is 1. The quantitative estimate of drug-likeness (QED) is 0.298. The van der Waals surface area contributed by atoms with Crippen molar-refractivity contribution in [1.82, 2.24) is 4.57 Å². The van der Waals surface area contributed by atoms with Gasteiger partial charge in [-0.3, -0.25) is 4.79 Å². The summed E-state index contributed by atoms with van der Waals surface area (Å²) in [4.78, 5) is 12.3. The van der Waals surface area contributed by atoms with Gasteiger partial charge in [0.1, 0.15) is 16.8 Å². The minimum atomic E-state index is -5.10. The van der Waals surface area contributed by atoms with Gasteiger partial charge in [-0.25, -0.2) is 4.39 Å². The van der Waals surface area contributed by atoms with Gasteiger partial charge in [-0.15, -0.1) is 0 Å². The van der Waals surface area contributed by atoms with Gasteiger partial charge in [-0.2, -0.15) is 31.2 Å². The van der Waals surface area contributed by atoms with Crippen molar-refractivity contribution in [3.8, 4) is 11.8 Å². The van der Waals surface area contributed by atoms with Gasteiger partial charge in [-0.05, 0) is 30.7 Å². The van der Waals surface area contributed by atoms with Gasteiger partial charge in [0.25, 0.3) is 15.9 Å². The molecule has 0 spiro atoms. The summed E-state index contributed by atoms with van der Waals surface area (Å²) in [5, 5.41) is 21.3. The molecule has 1 aromatic heterocycles. The smallest absolute Gasteiger partial charge is 0.421 e. The molecule has 0 unspecified atom stereocenters. The number of anilines is 1. The number of nitrogens with zero attached hydrogens (tertiary/aromatic N) is 3. The van der Waals surface area contributed by atoms with E-state index >= 15 is 0 Å².